The van der Waals surface area contributed by atoms with E-state index in [9.17, 15) is 5.11 Å². The third kappa shape index (κ3) is 2.25. The first-order valence-corrected chi connectivity index (χ1v) is 5.95. The predicted octanol–water partition coefficient (Wildman–Crippen LogP) is 0.816. The van der Waals surface area contributed by atoms with Gasteiger partial charge in [-0.05, 0) is 33.2 Å². The van der Waals surface area contributed by atoms with Crippen LogP contribution in [-0.4, -0.2) is 44.0 Å². The highest BCUT2D eigenvalue weighted by atomic mass is 16.3. The van der Waals surface area contributed by atoms with Crippen molar-refractivity contribution in [3.05, 3.63) is 12.2 Å². The average Bonchev–Trinajstić information content (AvgIpc) is 2.86. The summed E-state index contributed by atoms with van der Waals surface area (Å²) in [5.41, 5.74) is 0. The molecule has 0 saturated carbocycles. The van der Waals surface area contributed by atoms with Crippen LogP contribution in [0.1, 0.15) is 38.6 Å². The first kappa shape index (κ1) is 11.5. The van der Waals surface area contributed by atoms with Gasteiger partial charge >= 0.3 is 0 Å². The van der Waals surface area contributed by atoms with Crippen molar-refractivity contribution in [3.8, 4) is 0 Å². The van der Waals surface area contributed by atoms with Gasteiger partial charge in [0.1, 0.15) is 12.2 Å². The number of hydrogen-bond donors (Lipinski definition) is 1. The van der Waals surface area contributed by atoms with Crippen molar-refractivity contribution >= 4 is 0 Å². The molecule has 1 saturated heterocycles. The molecule has 1 fully saturated rings. The van der Waals surface area contributed by atoms with Crippen LogP contribution in [0.3, 0.4) is 0 Å². The second-order valence-electron chi connectivity index (χ2n) is 4.66. The van der Waals surface area contributed by atoms with Crippen LogP contribution in [0, 0.1) is 0 Å². The lowest BCUT2D eigenvalue weighted by Crippen LogP contribution is -2.33. The highest BCUT2D eigenvalue weighted by Crippen LogP contribution is 2.19. The number of likely N-dealkylation sites (tertiary alicyclic amines) is 1. The Morgan fingerprint density at radius 1 is 1.56 bits per heavy atom. The topological polar surface area (TPSA) is 54.2 Å². The van der Waals surface area contributed by atoms with Crippen LogP contribution in [0.5, 0.6) is 0 Å². The first-order valence-electron chi connectivity index (χ1n) is 5.95. The molecule has 0 amide bonds. The Labute approximate surface area is 96.1 Å². The second-order valence-corrected chi connectivity index (χ2v) is 4.66. The number of rotatable bonds is 4. The maximum atomic E-state index is 9.26. The third-order valence-corrected chi connectivity index (χ3v) is 3.19. The zero-order valence-electron chi connectivity index (χ0n) is 10.0. The van der Waals surface area contributed by atoms with Gasteiger partial charge in [0.05, 0.1) is 13.2 Å². The van der Waals surface area contributed by atoms with Crippen molar-refractivity contribution in [1.29, 1.82) is 0 Å². The van der Waals surface area contributed by atoms with E-state index in [1.54, 1.807) is 6.33 Å². The molecular formula is C11H20N4O. The molecule has 0 radical (unpaired) electrons. The molecule has 16 heavy (non-hydrogen) atoms. The van der Waals surface area contributed by atoms with Crippen LogP contribution in [0.4, 0.5) is 0 Å². The summed E-state index contributed by atoms with van der Waals surface area (Å²) >= 11 is 0. The Bertz CT molecular complexity index is 336. The fourth-order valence-electron chi connectivity index (χ4n) is 2.31. The van der Waals surface area contributed by atoms with Gasteiger partial charge in [0.25, 0.3) is 0 Å². The molecule has 1 N–H and O–H groups in total. The average molecular weight is 224 g/mol. The van der Waals surface area contributed by atoms with Gasteiger partial charge in [-0.1, -0.05) is 0 Å². The number of hydrogen-bond acceptors (Lipinski definition) is 4. The van der Waals surface area contributed by atoms with Gasteiger partial charge in [0.2, 0.25) is 0 Å². The number of aliphatic hydroxyl groups excluding tert-OH is 1. The highest BCUT2D eigenvalue weighted by molar-refractivity contribution is 4.90. The molecule has 5 heteroatoms. The molecule has 1 aliphatic rings. The van der Waals surface area contributed by atoms with Crippen LogP contribution < -0.4 is 0 Å². The van der Waals surface area contributed by atoms with Crippen LogP contribution >= 0.6 is 0 Å². The van der Waals surface area contributed by atoms with E-state index in [4.69, 9.17) is 0 Å². The summed E-state index contributed by atoms with van der Waals surface area (Å²) in [5, 5.41) is 13.5. The molecule has 0 aliphatic carbocycles. The molecule has 0 aromatic carbocycles. The van der Waals surface area contributed by atoms with E-state index in [-0.39, 0.29) is 6.61 Å². The van der Waals surface area contributed by atoms with Crippen LogP contribution in [0.2, 0.25) is 0 Å². The Kier molecular flexibility index (Phi) is 3.56. The van der Waals surface area contributed by atoms with Crippen molar-refractivity contribution in [2.24, 2.45) is 0 Å². The fraction of sp³-hybridized carbons (Fsp3) is 0.818. The van der Waals surface area contributed by atoms with Crippen molar-refractivity contribution in [2.75, 3.05) is 13.2 Å². The maximum absolute atomic E-state index is 9.26. The summed E-state index contributed by atoms with van der Waals surface area (Å²) in [6.45, 7) is 6.30. The molecule has 90 valence electrons. The van der Waals surface area contributed by atoms with Gasteiger partial charge in [-0.2, -0.15) is 5.10 Å². The van der Waals surface area contributed by atoms with E-state index in [1.807, 2.05) is 4.68 Å². The summed E-state index contributed by atoms with van der Waals surface area (Å²) < 4.78 is 1.95. The molecule has 1 aliphatic heterocycles. The summed E-state index contributed by atoms with van der Waals surface area (Å²) in [6.07, 6.45) is 3.87. The zero-order valence-corrected chi connectivity index (χ0v) is 10.0. The minimum absolute atomic E-state index is 0.246. The van der Waals surface area contributed by atoms with E-state index in [0.29, 0.717) is 12.1 Å². The first-order chi connectivity index (χ1) is 7.72. The summed E-state index contributed by atoms with van der Waals surface area (Å²) in [7, 11) is 0. The van der Waals surface area contributed by atoms with E-state index in [1.165, 1.54) is 6.42 Å². The van der Waals surface area contributed by atoms with Gasteiger partial charge in [-0.3, -0.25) is 4.90 Å². The molecule has 0 unspecified atom stereocenters. The van der Waals surface area contributed by atoms with Crippen LogP contribution in [0.25, 0.3) is 0 Å². The Morgan fingerprint density at radius 2 is 2.38 bits per heavy atom. The quantitative estimate of drug-likeness (QED) is 0.822. The predicted molar refractivity (Wildman–Crippen MR) is 60.9 cm³/mol. The summed E-state index contributed by atoms with van der Waals surface area (Å²) in [6, 6.07) is 0.644. The van der Waals surface area contributed by atoms with Gasteiger partial charge in [-0.15, -0.1) is 0 Å². The van der Waals surface area contributed by atoms with Gasteiger partial charge in [-0.25, -0.2) is 9.67 Å². The largest absolute Gasteiger partial charge is 0.395 e. The van der Waals surface area contributed by atoms with Crippen LogP contribution in [-0.2, 0) is 6.54 Å². The minimum Gasteiger partial charge on any atom is -0.395 e. The Balaban J connectivity index is 2.05. The van der Waals surface area contributed by atoms with Gasteiger partial charge in [0.15, 0.2) is 0 Å². The normalized spacial score (nSPS) is 22.1. The summed E-state index contributed by atoms with van der Waals surface area (Å²) in [4.78, 5) is 6.59. The zero-order chi connectivity index (χ0) is 11.5. The van der Waals surface area contributed by atoms with E-state index >= 15 is 0 Å². The Morgan fingerprint density at radius 3 is 3.06 bits per heavy atom. The standard InChI is InChI=1S/C11H20N4O/c1-9(2)15-11(12-8-13-15)6-14-5-3-4-10(14)7-16/h8-10,16H,3-7H2,1-2H3/t10-/m0/s1. The third-order valence-electron chi connectivity index (χ3n) is 3.19. The fourth-order valence-corrected chi connectivity index (χ4v) is 2.31. The monoisotopic (exact) mass is 224 g/mol. The molecule has 1 aromatic rings. The number of nitrogens with zero attached hydrogens (tertiary/aromatic N) is 4. The van der Waals surface area contributed by atoms with Gasteiger partial charge < -0.3 is 5.11 Å². The highest BCUT2D eigenvalue weighted by Gasteiger charge is 2.25. The maximum Gasteiger partial charge on any atom is 0.141 e. The second kappa shape index (κ2) is 4.93. The van der Waals surface area contributed by atoms with Crippen molar-refractivity contribution in [3.63, 3.8) is 0 Å². The van der Waals surface area contributed by atoms with Crippen molar-refractivity contribution in [2.45, 2.75) is 45.3 Å². The molecular weight excluding hydrogens is 204 g/mol. The van der Waals surface area contributed by atoms with Crippen molar-refractivity contribution < 1.29 is 5.11 Å². The van der Waals surface area contributed by atoms with E-state index in [0.717, 1.165) is 25.3 Å². The number of aromatic nitrogens is 3. The molecule has 1 atom stereocenters. The lowest BCUT2D eigenvalue weighted by atomic mass is 10.2. The summed E-state index contributed by atoms with van der Waals surface area (Å²) in [5.74, 6) is 0.996. The van der Waals surface area contributed by atoms with E-state index in [2.05, 4.69) is 28.8 Å². The molecule has 0 spiro atoms. The Hall–Kier alpha value is -0.940. The van der Waals surface area contributed by atoms with Crippen LogP contribution in [0.15, 0.2) is 6.33 Å². The minimum atomic E-state index is 0.246. The molecule has 5 nitrogen and oxygen atoms in total. The van der Waals surface area contributed by atoms with Gasteiger partial charge in [0, 0.05) is 12.1 Å². The lowest BCUT2D eigenvalue weighted by molar-refractivity contribution is 0.149. The lowest BCUT2D eigenvalue weighted by Gasteiger charge is -2.22. The smallest absolute Gasteiger partial charge is 0.141 e. The molecule has 2 heterocycles. The molecule has 1 aromatic heterocycles. The van der Waals surface area contributed by atoms with Crippen molar-refractivity contribution in [1.82, 2.24) is 19.7 Å². The SMILES string of the molecule is CC(C)n1ncnc1CN1CCC[C@H]1CO. The molecule has 0 bridgehead atoms. The molecule has 2 rings (SSSR count). The number of aliphatic hydroxyl groups is 1. The van der Waals surface area contributed by atoms with E-state index < -0.39 is 0 Å².